The Kier molecular flexibility index (Phi) is 7.59. The predicted molar refractivity (Wildman–Crippen MR) is 73.0 cm³/mol. The van der Waals surface area contributed by atoms with Gasteiger partial charge in [0.15, 0.2) is 0 Å². The summed E-state index contributed by atoms with van der Waals surface area (Å²) < 4.78 is 0. The van der Waals surface area contributed by atoms with E-state index >= 15 is 0 Å². The number of nitrogens with one attached hydrogen (secondary N) is 2. The monoisotopic (exact) mass is 257 g/mol. The molecule has 5 heteroatoms. The van der Waals surface area contributed by atoms with Crippen molar-refractivity contribution in [1.29, 1.82) is 0 Å². The lowest BCUT2D eigenvalue weighted by atomic mass is 10.1. The molecule has 0 radical (unpaired) electrons. The van der Waals surface area contributed by atoms with Gasteiger partial charge < -0.3 is 16.4 Å². The Balaban J connectivity index is 3.71. The Morgan fingerprint density at radius 3 is 2.33 bits per heavy atom. The molecule has 0 fully saturated rings. The fraction of sp³-hybridized carbons (Fsp3) is 0.846. The second kappa shape index (κ2) is 8.08. The largest absolute Gasteiger partial charge is 0.356 e. The summed E-state index contributed by atoms with van der Waals surface area (Å²) in [5.74, 6) is -0.139. The van der Waals surface area contributed by atoms with Gasteiger partial charge in [-0.05, 0) is 27.2 Å². The smallest absolute Gasteiger partial charge is 0.222 e. The summed E-state index contributed by atoms with van der Waals surface area (Å²) in [6.45, 7) is 8.17. The van der Waals surface area contributed by atoms with E-state index in [-0.39, 0.29) is 23.4 Å². The van der Waals surface area contributed by atoms with Gasteiger partial charge in [0.05, 0.1) is 0 Å². The van der Waals surface area contributed by atoms with E-state index in [4.69, 9.17) is 5.73 Å². The molecule has 0 aliphatic carbocycles. The van der Waals surface area contributed by atoms with Crippen LogP contribution in [0.25, 0.3) is 0 Å². The van der Waals surface area contributed by atoms with Crippen molar-refractivity contribution in [2.24, 2.45) is 5.73 Å². The zero-order valence-corrected chi connectivity index (χ0v) is 12.0. The normalized spacial score (nSPS) is 12.9. The lowest BCUT2D eigenvalue weighted by Gasteiger charge is -2.20. The van der Waals surface area contributed by atoms with E-state index < -0.39 is 0 Å². The third-order valence-corrected chi connectivity index (χ3v) is 2.30. The Bertz CT molecular complexity index is 272. The van der Waals surface area contributed by atoms with Crippen LogP contribution >= 0.6 is 0 Å². The lowest BCUT2D eigenvalue weighted by Crippen LogP contribution is -2.42. The lowest BCUT2D eigenvalue weighted by molar-refractivity contribution is -0.123. The third-order valence-electron chi connectivity index (χ3n) is 2.30. The van der Waals surface area contributed by atoms with Gasteiger partial charge >= 0.3 is 0 Å². The average molecular weight is 257 g/mol. The summed E-state index contributed by atoms with van der Waals surface area (Å²) in [5, 5.41) is 5.55. The van der Waals surface area contributed by atoms with Crippen LogP contribution in [-0.2, 0) is 9.59 Å². The number of amides is 2. The molecular weight excluding hydrogens is 230 g/mol. The number of rotatable bonds is 7. The van der Waals surface area contributed by atoms with Crippen molar-refractivity contribution in [3.63, 3.8) is 0 Å². The van der Waals surface area contributed by atoms with Gasteiger partial charge in [0.1, 0.15) is 0 Å². The van der Waals surface area contributed by atoms with Gasteiger partial charge in [0.2, 0.25) is 11.8 Å². The molecule has 0 heterocycles. The van der Waals surface area contributed by atoms with Crippen LogP contribution in [0.15, 0.2) is 0 Å². The molecule has 106 valence electrons. The summed E-state index contributed by atoms with van der Waals surface area (Å²) >= 11 is 0. The highest BCUT2D eigenvalue weighted by molar-refractivity contribution is 5.79. The van der Waals surface area contributed by atoms with E-state index in [1.54, 1.807) is 0 Å². The molecule has 1 atom stereocenters. The number of nitrogens with two attached hydrogens (primary N) is 1. The Labute approximate surface area is 110 Å². The number of hydrogen-bond donors (Lipinski definition) is 3. The summed E-state index contributed by atoms with van der Waals surface area (Å²) in [7, 11) is 0. The summed E-state index contributed by atoms with van der Waals surface area (Å²) in [6.07, 6.45) is 2.45. The number of carbonyl (C=O) groups is 2. The van der Waals surface area contributed by atoms with Crippen LogP contribution in [0, 0.1) is 0 Å². The average Bonchev–Trinajstić information content (AvgIpc) is 2.14. The van der Waals surface area contributed by atoms with Crippen LogP contribution in [0.3, 0.4) is 0 Å². The Morgan fingerprint density at radius 1 is 1.22 bits per heavy atom. The zero-order chi connectivity index (χ0) is 14.2. The molecule has 4 N–H and O–H groups in total. The van der Waals surface area contributed by atoms with Gasteiger partial charge in [-0.15, -0.1) is 0 Å². The minimum absolute atomic E-state index is 0.0549. The molecule has 0 aliphatic rings. The Morgan fingerprint density at radius 2 is 1.83 bits per heavy atom. The van der Waals surface area contributed by atoms with Crippen molar-refractivity contribution in [3.8, 4) is 0 Å². The van der Waals surface area contributed by atoms with Crippen molar-refractivity contribution in [2.75, 3.05) is 6.54 Å². The fourth-order valence-electron chi connectivity index (χ4n) is 1.58. The Hall–Kier alpha value is -1.10. The van der Waals surface area contributed by atoms with E-state index in [0.717, 1.165) is 12.8 Å². The van der Waals surface area contributed by atoms with E-state index in [2.05, 4.69) is 10.6 Å². The van der Waals surface area contributed by atoms with Crippen LogP contribution < -0.4 is 16.4 Å². The maximum absolute atomic E-state index is 11.5. The maximum Gasteiger partial charge on any atom is 0.222 e. The minimum Gasteiger partial charge on any atom is -0.356 e. The van der Waals surface area contributed by atoms with Crippen molar-refractivity contribution in [2.45, 2.75) is 65.0 Å². The highest BCUT2D eigenvalue weighted by Crippen LogP contribution is 1.99. The van der Waals surface area contributed by atoms with E-state index in [0.29, 0.717) is 19.4 Å². The predicted octanol–water partition coefficient (Wildman–Crippen LogP) is 0.925. The van der Waals surface area contributed by atoms with Crippen LogP contribution in [0.2, 0.25) is 0 Å². The van der Waals surface area contributed by atoms with E-state index in [1.165, 1.54) is 0 Å². The molecule has 0 aromatic carbocycles. The van der Waals surface area contributed by atoms with Gasteiger partial charge in [0.25, 0.3) is 0 Å². The molecule has 0 aliphatic heterocycles. The first-order valence-corrected chi connectivity index (χ1v) is 6.58. The van der Waals surface area contributed by atoms with Gasteiger partial charge in [-0.1, -0.05) is 13.3 Å². The zero-order valence-electron chi connectivity index (χ0n) is 12.0. The standard InChI is InChI=1S/C13H27N3O2/c1-5-6-10(14)9-12(18)15-8-7-11(17)16-13(2,3)4/h10H,5-9,14H2,1-4H3,(H,15,18)(H,16,17). The molecule has 0 saturated carbocycles. The van der Waals surface area contributed by atoms with Crippen molar-refractivity contribution in [1.82, 2.24) is 10.6 Å². The number of carbonyl (C=O) groups excluding carboxylic acids is 2. The maximum atomic E-state index is 11.5. The van der Waals surface area contributed by atoms with Gasteiger partial charge in [-0.3, -0.25) is 9.59 Å². The summed E-state index contributed by atoms with van der Waals surface area (Å²) in [6, 6.07) is -0.0848. The molecule has 0 aromatic rings. The number of hydrogen-bond acceptors (Lipinski definition) is 3. The fourth-order valence-corrected chi connectivity index (χ4v) is 1.58. The SMILES string of the molecule is CCCC(N)CC(=O)NCCC(=O)NC(C)(C)C. The van der Waals surface area contributed by atoms with Crippen molar-refractivity contribution < 1.29 is 9.59 Å². The van der Waals surface area contributed by atoms with Crippen molar-refractivity contribution in [3.05, 3.63) is 0 Å². The molecule has 2 amide bonds. The topological polar surface area (TPSA) is 84.2 Å². The van der Waals surface area contributed by atoms with Crippen LogP contribution in [0.5, 0.6) is 0 Å². The summed E-state index contributed by atoms with van der Waals surface area (Å²) in [5.41, 5.74) is 5.53. The van der Waals surface area contributed by atoms with Gasteiger partial charge in [0, 0.05) is 31.0 Å². The summed E-state index contributed by atoms with van der Waals surface area (Å²) in [4.78, 5) is 22.9. The molecule has 0 saturated heterocycles. The van der Waals surface area contributed by atoms with Gasteiger partial charge in [-0.25, -0.2) is 0 Å². The molecule has 0 aromatic heterocycles. The highest BCUT2D eigenvalue weighted by atomic mass is 16.2. The molecule has 0 spiro atoms. The molecule has 0 rings (SSSR count). The quantitative estimate of drug-likeness (QED) is 0.634. The first-order valence-electron chi connectivity index (χ1n) is 6.58. The van der Waals surface area contributed by atoms with E-state index in [1.807, 2.05) is 27.7 Å². The molecule has 18 heavy (non-hydrogen) atoms. The van der Waals surface area contributed by atoms with Gasteiger partial charge in [-0.2, -0.15) is 0 Å². The van der Waals surface area contributed by atoms with Crippen molar-refractivity contribution >= 4 is 11.8 Å². The van der Waals surface area contributed by atoms with Crippen LogP contribution in [-0.4, -0.2) is 29.9 Å². The molecular formula is C13H27N3O2. The second-order valence-electron chi connectivity index (χ2n) is 5.65. The first-order chi connectivity index (χ1) is 8.24. The highest BCUT2D eigenvalue weighted by Gasteiger charge is 2.14. The van der Waals surface area contributed by atoms with Crippen LogP contribution in [0.1, 0.15) is 53.4 Å². The molecule has 0 bridgehead atoms. The molecule has 5 nitrogen and oxygen atoms in total. The third kappa shape index (κ3) is 10.1. The second-order valence-corrected chi connectivity index (χ2v) is 5.65. The molecule has 1 unspecified atom stereocenters. The minimum atomic E-state index is -0.232. The van der Waals surface area contributed by atoms with E-state index in [9.17, 15) is 9.59 Å². The first kappa shape index (κ1) is 16.9. The van der Waals surface area contributed by atoms with Crippen LogP contribution in [0.4, 0.5) is 0 Å².